The van der Waals surface area contributed by atoms with Crippen LogP contribution in [-0.4, -0.2) is 23.2 Å². The molecule has 94 valence electrons. The van der Waals surface area contributed by atoms with Gasteiger partial charge in [-0.25, -0.2) is 0 Å². The van der Waals surface area contributed by atoms with E-state index in [2.05, 4.69) is 0 Å². The molecule has 1 aliphatic rings. The molecule has 0 aliphatic carbocycles. The first-order valence-corrected chi connectivity index (χ1v) is 5.02. The van der Waals surface area contributed by atoms with Crippen LogP contribution in [0.2, 0.25) is 5.02 Å². The van der Waals surface area contributed by atoms with Crippen LogP contribution in [-0.2, 0) is 10.5 Å². The van der Waals surface area contributed by atoms with Gasteiger partial charge in [0.05, 0.1) is 16.7 Å². The average Bonchev–Trinajstić information content (AvgIpc) is 2.47. The highest BCUT2D eigenvalue weighted by atomic mass is 35.5. The molecule has 4 heteroatoms. The molecule has 1 heterocycles. The molecule has 1 aromatic carbocycles. The topological polar surface area (TPSA) is 41.5 Å². The normalized spacial score (nSPS) is 52.4. The van der Waals surface area contributed by atoms with E-state index < -0.39 is 50.0 Å². The summed E-state index contributed by atoms with van der Waals surface area (Å²) in [5, 5.41) is 12.9. The van der Waals surface area contributed by atoms with E-state index in [9.17, 15) is 5.11 Å². The second kappa shape index (κ2) is 4.25. The fraction of sp³-hybridized carbons (Fsp3) is 0.538. The predicted molar refractivity (Wildman–Crippen MR) is 68.0 cm³/mol. The number of hydrogen-bond donors (Lipinski definition) is 2. The van der Waals surface area contributed by atoms with Crippen LogP contribution in [0.25, 0.3) is 0 Å². The van der Waals surface area contributed by atoms with Crippen LogP contribution in [0.15, 0.2) is 24.3 Å². The number of aliphatic hydroxyl groups is 1. The smallest absolute Gasteiger partial charge is 0.208 e. The highest BCUT2D eigenvalue weighted by Crippen LogP contribution is 2.33. The van der Waals surface area contributed by atoms with Crippen molar-refractivity contribution in [1.82, 2.24) is 5.32 Å². The van der Waals surface area contributed by atoms with Gasteiger partial charge in [-0.15, -0.1) is 0 Å². The summed E-state index contributed by atoms with van der Waals surface area (Å²) in [6.07, 6.45) is 0. The Morgan fingerprint density at radius 2 is 2.29 bits per heavy atom. The van der Waals surface area contributed by atoms with Gasteiger partial charge >= 0.3 is 0 Å². The summed E-state index contributed by atoms with van der Waals surface area (Å²) in [4.78, 5) is 0. The third-order valence-electron chi connectivity index (χ3n) is 2.24. The van der Waals surface area contributed by atoms with Gasteiger partial charge in [0, 0.05) is 28.5 Å². The number of rotatable bonds is 1. The number of ether oxygens (including phenoxy) is 1. The highest BCUT2D eigenvalue weighted by Gasteiger charge is 2.44. The Kier molecular flexibility index (Phi) is 1.12. The lowest BCUT2D eigenvalue weighted by molar-refractivity contribution is -0.263. The summed E-state index contributed by atoms with van der Waals surface area (Å²) >= 11 is 5.76. The number of halogens is 1. The second-order valence-corrected chi connectivity index (χ2v) is 4.04. The predicted octanol–water partition coefficient (Wildman–Crippen LogP) is 2.27. The summed E-state index contributed by atoms with van der Waals surface area (Å²) in [6.45, 7) is -14.7. The minimum absolute atomic E-state index is 0.160. The van der Waals surface area contributed by atoms with Gasteiger partial charge in [-0.2, -0.15) is 0 Å². The van der Waals surface area contributed by atoms with Crippen molar-refractivity contribution < 1.29 is 26.3 Å². The van der Waals surface area contributed by atoms with Crippen molar-refractivity contribution in [3.63, 3.8) is 0 Å². The van der Waals surface area contributed by atoms with E-state index in [0.29, 0.717) is 0 Å². The minimum Gasteiger partial charge on any atom is -0.361 e. The second-order valence-electron chi connectivity index (χ2n) is 3.61. The third kappa shape index (κ3) is 2.47. The SMILES string of the molecule is [2H]C([2H])([2H])C1(C([2H])([2H])[2H])N[C@@]([2H])(C([2H])([2H])[2H])[C@](O)(c2ccc(Cl)cc2)OC1([2H])[2H]. The fourth-order valence-corrected chi connectivity index (χ4v) is 1.50. The molecule has 17 heavy (non-hydrogen) atoms. The first kappa shape index (κ1) is 4.49. The van der Waals surface area contributed by atoms with Crippen molar-refractivity contribution >= 4 is 11.6 Å². The first-order valence-electron chi connectivity index (χ1n) is 10.6. The summed E-state index contributed by atoms with van der Waals surface area (Å²) in [7, 11) is 0. The summed E-state index contributed by atoms with van der Waals surface area (Å²) < 4.78 is 98.6. The summed E-state index contributed by atoms with van der Waals surface area (Å²) in [5.74, 6) is -3.31. The van der Waals surface area contributed by atoms with E-state index in [0.717, 1.165) is 12.1 Å². The van der Waals surface area contributed by atoms with Crippen LogP contribution < -0.4 is 5.32 Å². The molecule has 0 radical (unpaired) electrons. The Bertz CT molecular complexity index is 760. The van der Waals surface area contributed by atoms with Gasteiger partial charge in [0.15, 0.2) is 0 Å². The van der Waals surface area contributed by atoms with Gasteiger partial charge in [0.25, 0.3) is 0 Å². The average molecular weight is 268 g/mol. The standard InChI is InChI=1S/C13H18ClNO2/c1-9-13(16,17-8-12(2,3)15-9)10-4-6-11(14)7-5-10/h4-7,9,15-16H,8H2,1-3H3/t9-,13+/m0/s1/i1D3,2D3,3D3,8D2,9D. The molecule has 1 aliphatic heterocycles. The largest absolute Gasteiger partial charge is 0.361 e. The zero-order chi connectivity index (χ0) is 22.9. The zero-order valence-corrected chi connectivity index (χ0v) is 9.30. The van der Waals surface area contributed by atoms with Crippen molar-refractivity contribution in [2.75, 3.05) is 6.56 Å². The van der Waals surface area contributed by atoms with Gasteiger partial charge in [-0.05, 0) is 32.7 Å². The van der Waals surface area contributed by atoms with Crippen LogP contribution >= 0.6 is 11.6 Å². The first-order chi connectivity index (χ1) is 12.7. The monoisotopic (exact) mass is 267 g/mol. The molecule has 0 saturated carbocycles. The molecule has 2 rings (SSSR count). The van der Waals surface area contributed by atoms with Gasteiger partial charge in [0.1, 0.15) is 0 Å². The molecule has 3 nitrogen and oxygen atoms in total. The fourth-order valence-electron chi connectivity index (χ4n) is 1.38. The van der Waals surface area contributed by atoms with E-state index in [1.165, 1.54) is 12.1 Å². The van der Waals surface area contributed by atoms with Crippen molar-refractivity contribution in [3.05, 3.63) is 34.9 Å². The van der Waals surface area contributed by atoms with Crippen LogP contribution in [0.5, 0.6) is 0 Å². The van der Waals surface area contributed by atoms with Crippen LogP contribution in [0, 0.1) is 0 Å². The quantitative estimate of drug-likeness (QED) is 0.820. The van der Waals surface area contributed by atoms with Crippen molar-refractivity contribution in [1.29, 1.82) is 0 Å². The Balaban J connectivity index is 2.89. The molecule has 0 unspecified atom stereocenters. The van der Waals surface area contributed by atoms with E-state index >= 15 is 0 Å². The molecule has 2 atom stereocenters. The molecule has 1 saturated heterocycles. The molecular weight excluding hydrogens is 238 g/mol. The van der Waals surface area contributed by atoms with Gasteiger partial charge in [0.2, 0.25) is 5.79 Å². The van der Waals surface area contributed by atoms with Crippen molar-refractivity contribution in [2.24, 2.45) is 0 Å². The maximum Gasteiger partial charge on any atom is 0.208 e. The summed E-state index contributed by atoms with van der Waals surface area (Å²) in [5.41, 5.74) is -4.10. The highest BCUT2D eigenvalue weighted by molar-refractivity contribution is 6.30. The summed E-state index contributed by atoms with van der Waals surface area (Å²) in [6, 6.07) is 0.994. The maximum atomic E-state index is 11.1. The lowest BCUT2D eigenvalue weighted by Gasteiger charge is -2.46. The van der Waals surface area contributed by atoms with Crippen LogP contribution in [0.1, 0.15) is 42.6 Å². The Hall–Kier alpha value is -0.610. The van der Waals surface area contributed by atoms with Crippen molar-refractivity contribution in [2.45, 2.75) is 37.9 Å². The number of morpholine rings is 1. The molecule has 0 amide bonds. The Morgan fingerprint density at radius 1 is 1.59 bits per heavy atom. The number of benzene rings is 1. The number of nitrogens with one attached hydrogen (secondary N) is 1. The molecule has 0 bridgehead atoms. The Morgan fingerprint density at radius 3 is 2.88 bits per heavy atom. The lowest BCUT2D eigenvalue weighted by atomic mass is 9.93. The van der Waals surface area contributed by atoms with Gasteiger partial charge in [-0.3, -0.25) is 0 Å². The minimum atomic E-state index is -3.71. The lowest BCUT2D eigenvalue weighted by Crippen LogP contribution is -2.63. The Labute approximate surface area is 124 Å². The molecular formula is C13H18ClNO2. The molecule has 1 aromatic rings. The molecule has 2 N–H and O–H groups in total. The number of hydrogen-bond acceptors (Lipinski definition) is 3. The molecule has 0 spiro atoms. The third-order valence-corrected chi connectivity index (χ3v) is 2.49. The van der Waals surface area contributed by atoms with E-state index in [1.54, 1.807) is 5.32 Å². The van der Waals surface area contributed by atoms with Gasteiger partial charge in [-0.1, -0.05) is 23.7 Å². The van der Waals surface area contributed by atoms with Crippen molar-refractivity contribution in [3.8, 4) is 0 Å². The molecule has 1 fully saturated rings. The zero-order valence-electron chi connectivity index (χ0n) is 20.5. The van der Waals surface area contributed by atoms with E-state index in [4.69, 9.17) is 32.8 Å². The van der Waals surface area contributed by atoms with Crippen LogP contribution in [0.4, 0.5) is 0 Å². The van der Waals surface area contributed by atoms with Crippen LogP contribution in [0.3, 0.4) is 0 Å². The maximum absolute atomic E-state index is 11.1. The van der Waals surface area contributed by atoms with E-state index in [-0.39, 0.29) is 5.02 Å². The molecule has 0 aromatic heterocycles. The van der Waals surface area contributed by atoms with E-state index in [1.807, 2.05) is 0 Å². The van der Waals surface area contributed by atoms with Gasteiger partial charge < -0.3 is 15.2 Å².